The number of likely N-dealkylation sites (tertiary alicyclic amines) is 1. The molecule has 0 radical (unpaired) electrons. The number of nitrogens with zero attached hydrogens (tertiary/aromatic N) is 4. The van der Waals surface area contributed by atoms with Gasteiger partial charge in [0.25, 0.3) is 5.91 Å². The van der Waals surface area contributed by atoms with E-state index in [0.29, 0.717) is 21.4 Å². The Morgan fingerprint density at radius 1 is 1.22 bits per heavy atom. The molecule has 0 aliphatic carbocycles. The highest BCUT2D eigenvalue weighted by atomic mass is 35.5. The van der Waals surface area contributed by atoms with Gasteiger partial charge >= 0.3 is 0 Å². The molecule has 1 aromatic carbocycles. The molecule has 0 bridgehead atoms. The first-order valence-electron chi connectivity index (χ1n) is 10.5. The van der Waals surface area contributed by atoms with E-state index in [1.54, 1.807) is 29.5 Å². The van der Waals surface area contributed by atoms with Crippen molar-refractivity contribution in [2.45, 2.75) is 37.9 Å². The maximum absolute atomic E-state index is 12.6. The number of aromatic nitrogens is 3. The molecule has 10 heteroatoms. The Labute approximate surface area is 200 Å². The zero-order chi connectivity index (χ0) is 22.5. The molecule has 1 fully saturated rings. The summed E-state index contributed by atoms with van der Waals surface area (Å²) in [7, 11) is 0. The fraction of sp³-hybridized carbons (Fsp3) is 0.364. The van der Waals surface area contributed by atoms with E-state index in [9.17, 15) is 9.59 Å². The van der Waals surface area contributed by atoms with Crippen LogP contribution in [0.25, 0.3) is 0 Å². The van der Waals surface area contributed by atoms with Crippen LogP contribution in [0.3, 0.4) is 0 Å². The molecule has 1 saturated heterocycles. The summed E-state index contributed by atoms with van der Waals surface area (Å²) in [6.07, 6.45) is 2.77. The third-order valence-corrected chi connectivity index (χ3v) is 7.41. The van der Waals surface area contributed by atoms with Gasteiger partial charge in [-0.05, 0) is 49.4 Å². The third kappa shape index (κ3) is 5.33. The fourth-order valence-corrected chi connectivity index (χ4v) is 5.30. The summed E-state index contributed by atoms with van der Waals surface area (Å²) >= 11 is 9.29. The van der Waals surface area contributed by atoms with Crippen molar-refractivity contribution in [2.24, 2.45) is 0 Å². The fourth-order valence-electron chi connectivity index (χ4n) is 3.62. The van der Waals surface area contributed by atoms with Crippen LogP contribution in [0.4, 0.5) is 5.69 Å². The summed E-state index contributed by atoms with van der Waals surface area (Å²) in [4.78, 5) is 28.3. The minimum absolute atomic E-state index is 0.0293. The molecule has 0 spiro atoms. The van der Waals surface area contributed by atoms with E-state index in [2.05, 4.69) is 21.6 Å². The molecular weight excluding hydrogens is 466 g/mol. The van der Waals surface area contributed by atoms with Crippen molar-refractivity contribution in [2.75, 3.05) is 24.2 Å². The van der Waals surface area contributed by atoms with E-state index in [1.807, 2.05) is 27.8 Å². The van der Waals surface area contributed by atoms with Gasteiger partial charge in [-0.1, -0.05) is 29.4 Å². The number of carbonyl (C=O) groups excluding carboxylic acids is 2. The molecule has 2 aromatic heterocycles. The van der Waals surface area contributed by atoms with E-state index in [-0.39, 0.29) is 17.6 Å². The number of carbonyl (C=O) groups is 2. The Hall–Kier alpha value is -2.36. The normalized spacial score (nSPS) is 13.5. The molecule has 0 atom stereocenters. The van der Waals surface area contributed by atoms with Crippen LogP contribution in [-0.2, 0) is 17.8 Å². The summed E-state index contributed by atoms with van der Waals surface area (Å²) in [6, 6.07) is 9.10. The topological polar surface area (TPSA) is 80.1 Å². The lowest BCUT2D eigenvalue weighted by Gasteiger charge is -2.16. The first-order valence-corrected chi connectivity index (χ1v) is 12.8. The zero-order valence-electron chi connectivity index (χ0n) is 17.7. The lowest BCUT2D eigenvalue weighted by molar-refractivity contribution is -0.113. The van der Waals surface area contributed by atoms with Crippen LogP contribution in [0, 0.1) is 0 Å². The van der Waals surface area contributed by atoms with E-state index >= 15 is 0 Å². The average Bonchev–Trinajstić information content (AvgIpc) is 3.56. The van der Waals surface area contributed by atoms with Crippen LogP contribution in [0.5, 0.6) is 0 Å². The zero-order valence-corrected chi connectivity index (χ0v) is 20.1. The largest absolute Gasteiger partial charge is 0.339 e. The number of amides is 2. The predicted molar refractivity (Wildman–Crippen MR) is 129 cm³/mol. The molecule has 3 heterocycles. The Kier molecular flexibility index (Phi) is 7.49. The second kappa shape index (κ2) is 10.5. The van der Waals surface area contributed by atoms with Gasteiger partial charge in [-0.3, -0.25) is 9.59 Å². The number of hydrogen-bond acceptors (Lipinski definition) is 6. The molecule has 2 amide bonds. The van der Waals surface area contributed by atoms with Gasteiger partial charge in [0, 0.05) is 36.5 Å². The molecule has 4 rings (SSSR count). The van der Waals surface area contributed by atoms with E-state index in [1.165, 1.54) is 16.6 Å². The molecule has 168 valence electrons. The number of nitrogens with one attached hydrogen (secondary N) is 1. The molecule has 7 nitrogen and oxygen atoms in total. The van der Waals surface area contributed by atoms with Gasteiger partial charge in [-0.2, -0.15) is 0 Å². The molecule has 32 heavy (non-hydrogen) atoms. The maximum Gasteiger partial charge on any atom is 0.253 e. The molecular formula is C22H24ClN5O2S2. The van der Waals surface area contributed by atoms with Gasteiger partial charge in [0.1, 0.15) is 5.82 Å². The van der Waals surface area contributed by atoms with Gasteiger partial charge in [0.15, 0.2) is 5.16 Å². The van der Waals surface area contributed by atoms with Crippen LogP contribution in [0.15, 0.2) is 40.9 Å². The number of anilines is 1. The van der Waals surface area contributed by atoms with Crippen molar-refractivity contribution in [3.8, 4) is 0 Å². The highest BCUT2D eigenvalue weighted by molar-refractivity contribution is 7.99. The summed E-state index contributed by atoms with van der Waals surface area (Å²) in [5.41, 5.74) is 0.973. The molecule has 0 saturated carbocycles. The van der Waals surface area contributed by atoms with Crippen LogP contribution >= 0.6 is 34.7 Å². The van der Waals surface area contributed by atoms with Crippen molar-refractivity contribution in [3.05, 3.63) is 57.0 Å². The molecule has 3 aromatic rings. The second-order valence-electron chi connectivity index (χ2n) is 7.43. The minimum Gasteiger partial charge on any atom is -0.339 e. The van der Waals surface area contributed by atoms with Gasteiger partial charge in [-0.25, -0.2) is 0 Å². The van der Waals surface area contributed by atoms with Crippen LogP contribution in [0.2, 0.25) is 5.02 Å². The third-order valence-electron chi connectivity index (χ3n) is 5.24. The first kappa shape index (κ1) is 22.8. The van der Waals surface area contributed by atoms with Crippen molar-refractivity contribution in [3.63, 3.8) is 0 Å². The standard InChI is InChI=1S/C22H24ClN5O2S2/c1-2-28-19(13-16-6-5-11-31-16)25-26-22(28)32-14-20(29)24-18-12-15(7-8-17(18)23)21(30)27-9-3-4-10-27/h5-8,11-12H,2-4,9-10,13-14H2,1H3,(H,24,29). The van der Waals surface area contributed by atoms with Crippen LogP contribution in [-0.4, -0.2) is 50.3 Å². The smallest absolute Gasteiger partial charge is 0.253 e. The number of thiophene rings is 1. The van der Waals surface area contributed by atoms with Crippen molar-refractivity contribution in [1.29, 1.82) is 0 Å². The first-order chi connectivity index (χ1) is 15.5. The summed E-state index contributed by atoms with van der Waals surface area (Å²) in [6.45, 7) is 4.30. The number of rotatable bonds is 8. The Morgan fingerprint density at radius 3 is 2.75 bits per heavy atom. The van der Waals surface area contributed by atoms with E-state index < -0.39 is 0 Å². The Balaban J connectivity index is 1.38. The van der Waals surface area contributed by atoms with Gasteiger partial charge in [-0.15, -0.1) is 21.5 Å². The highest BCUT2D eigenvalue weighted by Gasteiger charge is 2.21. The van der Waals surface area contributed by atoms with Crippen LogP contribution in [0.1, 0.15) is 40.8 Å². The van der Waals surface area contributed by atoms with E-state index in [4.69, 9.17) is 11.6 Å². The SMILES string of the molecule is CCn1c(Cc2cccs2)nnc1SCC(=O)Nc1cc(C(=O)N2CCCC2)ccc1Cl. The van der Waals surface area contributed by atoms with Crippen molar-refractivity contribution < 1.29 is 9.59 Å². The van der Waals surface area contributed by atoms with Gasteiger partial charge in [0.05, 0.1) is 16.5 Å². The van der Waals surface area contributed by atoms with Gasteiger partial charge in [0.2, 0.25) is 5.91 Å². The number of hydrogen-bond donors (Lipinski definition) is 1. The summed E-state index contributed by atoms with van der Waals surface area (Å²) in [5.74, 6) is 0.804. The molecule has 1 aliphatic heterocycles. The minimum atomic E-state index is -0.215. The average molecular weight is 490 g/mol. The second-order valence-corrected chi connectivity index (χ2v) is 9.81. The lowest BCUT2D eigenvalue weighted by Crippen LogP contribution is -2.27. The number of thioether (sulfide) groups is 1. The lowest BCUT2D eigenvalue weighted by atomic mass is 10.1. The molecule has 1 N–H and O–H groups in total. The van der Waals surface area contributed by atoms with Crippen LogP contribution < -0.4 is 5.32 Å². The Morgan fingerprint density at radius 2 is 2.03 bits per heavy atom. The van der Waals surface area contributed by atoms with E-state index in [0.717, 1.165) is 44.7 Å². The summed E-state index contributed by atoms with van der Waals surface area (Å²) < 4.78 is 2.03. The maximum atomic E-state index is 12.6. The van der Waals surface area contributed by atoms with Crippen molar-refractivity contribution >= 4 is 52.2 Å². The predicted octanol–water partition coefficient (Wildman–Crippen LogP) is 4.57. The number of benzene rings is 1. The molecule has 0 unspecified atom stereocenters. The summed E-state index contributed by atoms with van der Waals surface area (Å²) in [5, 5.41) is 14.6. The number of halogens is 1. The quantitative estimate of drug-likeness (QED) is 0.469. The Bertz CT molecular complexity index is 1090. The van der Waals surface area contributed by atoms with Crippen molar-refractivity contribution in [1.82, 2.24) is 19.7 Å². The molecule has 1 aliphatic rings. The van der Waals surface area contributed by atoms with Gasteiger partial charge < -0.3 is 14.8 Å². The monoisotopic (exact) mass is 489 g/mol. The highest BCUT2D eigenvalue weighted by Crippen LogP contribution is 2.26.